The van der Waals surface area contributed by atoms with E-state index in [-0.39, 0.29) is 5.56 Å². The Labute approximate surface area is 79.1 Å². The van der Waals surface area contributed by atoms with Gasteiger partial charge in [0, 0.05) is 5.56 Å². The largest absolute Gasteiger partial charge is 0.532 e. The molecule has 0 aliphatic carbocycles. The molecule has 1 aromatic carbocycles. The van der Waals surface area contributed by atoms with Crippen molar-refractivity contribution in [2.75, 3.05) is 0 Å². The average Bonchev–Trinajstić information content (AvgIpc) is 2.14. The molecule has 0 saturated carbocycles. The van der Waals surface area contributed by atoms with E-state index in [2.05, 4.69) is 4.62 Å². The fourth-order valence-electron chi connectivity index (χ4n) is 0.746. The van der Waals surface area contributed by atoms with Crippen LogP contribution in [-0.4, -0.2) is 10.8 Å². The first kappa shape index (κ1) is 10.8. The topological polar surface area (TPSA) is 75.6 Å². The summed E-state index contributed by atoms with van der Waals surface area (Å²) in [5.74, 6) is -0.794. The number of hydrogen-bond donors (Lipinski definition) is 2. The lowest BCUT2D eigenvalue weighted by Crippen LogP contribution is -2.21. The summed E-state index contributed by atoms with van der Waals surface area (Å²) in [5, 5.41) is 0. The van der Waals surface area contributed by atoms with Gasteiger partial charge in [0.1, 0.15) is 0 Å². The van der Waals surface area contributed by atoms with E-state index in [4.69, 9.17) is 4.89 Å². The van der Waals surface area contributed by atoms with Crippen LogP contribution in [0.1, 0.15) is 10.4 Å². The molecule has 2 N–H and O–H groups in total. The van der Waals surface area contributed by atoms with Gasteiger partial charge in [0.2, 0.25) is 0 Å². The van der Waals surface area contributed by atoms with E-state index in [0.29, 0.717) is 0 Å². The maximum absolute atomic E-state index is 11.9. The van der Waals surface area contributed by atoms with Gasteiger partial charge in [-0.3, -0.25) is 9.69 Å². The van der Waals surface area contributed by atoms with E-state index in [1.54, 1.807) is 18.2 Å². The number of halogens is 1. The lowest BCUT2D eigenvalue weighted by atomic mass is 10.2. The zero-order valence-electron chi connectivity index (χ0n) is 6.88. The van der Waals surface area contributed by atoms with E-state index < -0.39 is 13.8 Å². The average molecular weight is 219 g/mol. The Hall–Kier alpha value is -1.23. The zero-order chi connectivity index (χ0) is 10.6. The molecule has 0 spiro atoms. The molecule has 0 heterocycles. The first-order valence-electron chi connectivity index (χ1n) is 3.55. The molecule has 0 aliphatic rings. The van der Waals surface area contributed by atoms with Crippen molar-refractivity contribution >= 4 is 13.8 Å². The molecule has 7 heteroatoms. The molecule has 76 valence electrons. The molecule has 0 aromatic heterocycles. The molecule has 0 fully saturated rings. The Morgan fingerprint density at radius 1 is 1.43 bits per heavy atom. The first-order valence-corrected chi connectivity index (χ1v) is 5.02. The summed E-state index contributed by atoms with van der Waals surface area (Å²) in [7, 11) is -5.17. The number of benzene rings is 1. The molecule has 1 amide bonds. The van der Waals surface area contributed by atoms with Crippen LogP contribution in [0.25, 0.3) is 0 Å². The summed E-state index contributed by atoms with van der Waals surface area (Å²) in [5.41, 5.74) is 1.71. The van der Waals surface area contributed by atoms with Gasteiger partial charge < -0.3 is 0 Å². The highest BCUT2D eigenvalue weighted by Crippen LogP contribution is 2.41. The van der Waals surface area contributed by atoms with Crippen molar-refractivity contribution in [2.24, 2.45) is 0 Å². The summed E-state index contributed by atoms with van der Waals surface area (Å²) in [6, 6.07) is 7.74. The van der Waals surface area contributed by atoms with Crippen LogP contribution in [-0.2, 0) is 9.19 Å². The van der Waals surface area contributed by atoms with Gasteiger partial charge in [0.15, 0.2) is 0 Å². The highest BCUT2D eigenvalue weighted by molar-refractivity contribution is 7.46. The zero-order valence-corrected chi connectivity index (χ0v) is 7.78. The molecule has 0 aliphatic heterocycles. The minimum Gasteiger partial charge on any atom is -0.298 e. The van der Waals surface area contributed by atoms with Gasteiger partial charge in [0.25, 0.3) is 5.91 Å². The van der Waals surface area contributed by atoms with Crippen LogP contribution in [0.15, 0.2) is 30.3 Å². The summed E-state index contributed by atoms with van der Waals surface area (Å²) in [4.78, 5) is 19.1. The van der Waals surface area contributed by atoms with Gasteiger partial charge in [-0.05, 0) is 12.1 Å². The quantitative estimate of drug-likeness (QED) is 0.595. The van der Waals surface area contributed by atoms with Gasteiger partial charge in [-0.2, -0.15) is 4.62 Å². The third-order valence-corrected chi connectivity index (χ3v) is 1.60. The Balaban J connectivity index is 2.57. The molecule has 14 heavy (non-hydrogen) atoms. The highest BCUT2D eigenvalue weighted by Gasteiger charge is 2.19. The molecule has 0 saturated heterocycles. The maximum atomic E-state index is 11.9. The van der Waals surface area contributed by atoms with Gasteiger partial charge in [-0.1, -0.05) is 18.2 Å². The van der Waals surface area contributed by atoms with Crippen molar-refractivity contribution in [2.45, 2.75) is 0 Å². The number of amides is 1. The highest BCUT2D eigenvalue weighted by atomic mass is 31.2. The summed E-state index contributed by atoms with van der Waals surface area (Å²) in [6.45, 7) is 0. The van der Waals surface area contributed by atoms with E-state index in [9.17, 15) is 13.6 Å². The number of nitrogens with one attached hydrogen (secondary N) is 1. The number of rotatable bonds is 3. The third kappa shape index (κ3) is 3.66. The minimum atomic E-state index is -5.17. The van der Waals surface area contributed by atoms with Gasteiger partial charge in [-0.15, -0.1) is 4.20 Å². The van der Waals surface area contributed by atoms with E-state index >= 15 is 0 Å². The number of carbonyl (C=O) groups is 1. The monoisotopic (exact) mass is 219 g/mol. The van der Waals surface area contributed by atoms with Crippen LogP contribution < -0.4 is 5.48 Å². The Kier molecular flexibility index (Phi) is 3.35. The van der Waals surface area contributed by atoms with Crippen molar-refractivity contribution < 1.29 is 23.1 Å². The Morgan fingerprint density at radius 3 is 2.50 bits per heavy atom. The fourth-order valence-corrected chi connectivity index (χ4v) is 0.942. The molecule has 5 nitrogen and oxygen atoms in total. The van der Waals surface area contributed by atoms with Crippen LogP contribution in [0.3, 0.4) is 0 Å². The molecule has 1 aromatic rings. The summed E-state index contributed by atoms with van der Waals surface area (Å²) < 4.78 is 25.5. The van der Waals surface area contributed by atoms with Gasteiger partial charge in [-0.25, -0.2) is 10.0 Å². The van der Waals surface area contributed by atoms with E-state index in [1.807, 2.05) is 0 Å². The summed E-state index contributed by atoms with van der Waals surface area (Å²) in [6.07, 6.45) is 0. The summed E-state index contributed by atoms with van der Waals surface area (Å²) >= 11 is 0. The van der Waals surface area contributed by atoms with Crippen LogP contribution in [0.4, 0.5) is 4.20 Å². The molecule has 0 radical (unpaired) electrons. The SMILES string of the molecule is O=C(NOP(=O)(O)F)c1ccccc1. The van der Waals surface area contributed by atoms with E-state index in [1.165, 1.54) is 17.6 Å². The normalized spacial score (nSPS) is 14.4. The smallest absolute Gasteiger partial charge is 0.298 e. The number of hydrogen-bond acceptors (Lipinski definition) is 3. The van der Waals surface area contributed by atoms with Crippen LogP contribution in [0.5, 0.6) is 0 Å². The van der Waals surface area contributed by atoms with Gasteiger partial charge in [0.05, 0.1) is 0 Å². The van der Waals surface area contributed by atoms with Crippen LogP contribution in [0, 0.1) is 0 Å². The Morgan fingerprint density at radius 2 is 2.00 bits per heavy atom. The van der Waals surface area contributed by atoms with Crippen molar-refractivity contribution in [1.29, 1.82) is 0 Å². The maximum Gasteiger partial charge on any atom is 0.532 e. The second kappa shape index (κ2) is 4.32. The lowest BCUT2D eigenvalue weighted by Gasteiger charge is -2.04. The van der Waals surface area contributed by atoms with Crippen molar-refractivity contribution in [3.63, 3.8) is 0 Å². The molecular formula is C7H7FNO4P. The van der Waals surface area contributed by atoms with Crippen LogP contribution >= 0.6 is 7.91 Å². The molecule has 1 unspecified atom stereocenters. The van der Waals surface area contributed by atoms with E-state index in [0.717, 1.165) is 0 Å². The first-order chi connectivity index (χ1) is 6.49. The minimum absolute atomic E-state index is 0.195. The van der Waals surface area contributed by atoms with Crippen LogP contribution in [0.2, 0.25) is 0 Å². The third-order valence-electron chi connectivity index (χ3n) is 1.29. The predicted molar refractivity (Wildman–Crippen MR) is 45.9 cm³/mol. The second-order valence-electron chi connectivity index (χ2n) is 2.34. The molecule has 0 bridgehead atoms. The number of hydroxylamine groups is 1. The Bertz CT molecular complexity index is 363. The fraction of sp³-hybridized carbons (Fsp3) is 0. The van der Waals surface area contributed by atoms with Crippen molar-refractivity contribution in [3.05, 3.63) is 35.9 Å². The molecular weight excluding hydrogens is 212 g/mol. The van der Waals surface area contributed by atoms with Gasteiger partial charge >= 0.3 is 7.91 Å². The lowest BCUT2D eigenvalue weighted by molar-refractivity contribution is 0.0699. The van der Waals surface area contributed by atoms with Crippen molar-refractivity contribution in [3.8, 4) is 0 Å². The predicted octanol–water partition coefficient (Wildman–Crippen LogP) is 1.42. The van der Waals surface area contributed by atoms with Crippen molar-refractivity contribution in [1.82, 2.24) is 5.48 Å². The molecule has 1 atom stereocenters. The molecule has 1 rings (SSSR count). The number of carbonyl (C=O) groups excluding carboxylic acids is 1. The second-order valence-corrected chi connectivity index (χ2v) is 3.43. The standard InChI is InChI=1S/C7H7FNO4P/c8-14(11,12)13-9-7(10)6-4-2-1-3-5-6/h1-5H,(H,9,10)(H,11,12).